The summed E-state index contributed by atoms with van der Waals surface area (Å²) in [6.45, 7) is 6.52. The summed E-state index contributed by atoms with van der Waals surface area (Å²) in [6, 6.07) is 5.60. The molecule has 0 spiro atoms. The van der Waals surface area contributed by atoms with Crippen LogP contribution >= 0.6 is 0 Å². The highest BCUT2D eigenvalue weighted by molar-refractivity contribution is 6.00. The largest absolute Gasteiger partial charge is 0.382 e. The van der Waals surface area contributed by atoms with E-state index in [0.717, 1.165) is 49.2 Å². The Hall–Kier alpha value is -3.24. The van der Waals surface area contributed by atoms with Crippen molar-refractivity contribution in [2.75, 3.05) is 11.9 Å². The summed E-state index contributed by atoms with van der Waals surface area (Å²) in [4.78, 5) is 36.1. The van der Waals surface area contributed by atoms with Crippen molar-refractivity contribution in [3.8, 4) is 5.69 Å². The molecule has 1 aromatic carbocycles. The number of amides is 2. The molecule has 1 aromatic heterocycles. The molecule has 0 bridgehead atoms. The number of ether oxygens (including phenoxy) is 1. The average Bonchev–Trinajstić information content (AvgIpc) is 3.17. The Kier molecular flexibility index (Phi) is 7.99. The maximum atomic E-state index is 12.8. The van der Waals surface area contributed by atoms with Crippen LogP contribution in [-0.2, 0) is 16.0 Å². The van der Waals surface area contributed by atoms with Crippen molar-refractivity contribution in [2.24, 2.45) is 11.1 Å². The van der Waals surface area contributed by atoms with Crippen LogP contribution < -0.4 is 16.5 Å². The number of primary amides is 1. The Morgan fingerprint density at radius 3 is 2.62 bits per heavy atom. The fraction of sp³-hybridized carbons (Fsp3) is 0.556. The number of carbonyl (C=O) groups is 3. The zero-order valence-electron chi connectivity index (χ0n) is 21.8. The van der Waals surface area contributed by atoms with Crippen molar-refractivity contribution in [1.82, 2.24) is 15.3 Å². The molecule has 0 atom stereocenters. The molecule has 2 aliphatic carbocycles. The molecule has 0 aliphatic heterocycles. The number of anilines is 1. The normalized spacial score (nSPS) is 20.8. The third-order valence-corrected chi connectivity index (χ3v) is 7.29. The molecule has 10 nitrogen and oxygen atoms in total. The standard InChI is InChI=1S/C27H37N5O5/c1-16-25-22(14-27(2,3)15-23(25)33)32(30-16)18-8-11-20(26(28)35)21(13-18)29-17-6-9-19(10-7-17)37-12-4-5-24(34)31-36/h8,11,13,17,19,29,36H,4-7,9-10,12,14-15H2,1-3H3,(H2,28,35)(H,31,34). The van der Waals surface area contributed by atoms with E-state index in [-0.39, 0.29) is 29.8 Å². The summed E-state index contributed by atoms with van der Waals surface area (Å²) in [5, 5.41) is 16.8. The second-order valence-electron chi connectivity index (χ2n) is 11.0. The van der Waals surface area contributed by atoms with Gasteiger partial charge >= 0.3 is 0 Å². The van der Waals surface area contributed by atoms with Gasteiger partial charge in [0.1, 0.15) is 0 Å². The number of aryl methyl sites for hydroxylation is 1. The molecule has 1 saturated carbocycles. The number of nitrogens with one attached hydrogen (secondary N) is 2. The van der Waals surface area contributed by atoms with E-state index in [9.17, 15) is 14.4 Å². The topological polar surface area (TPSA) is 149 Å². The number of fused-ring (bicyclic) bond motifs is 1. The van der Waals surface area contributed by atoms with Crippen molar-refractivity contribution < 1.29 is 24.3 Å². The SMILES string of the molecule is Cc1nn(-c2ccc(C(N)=O)c(NC3CCC(OCCCC(=O)NO)CC3)c2)c2c1C(=O)CC(C)(C)C2. The summed E-state index contributed by atoms with van der Waals surface area (Å²) >= 11 is 0. The number of nitrogens with zero attached hydrogens (tertiary/aromatic N) is 2. The number of nitrogens with two attached hydrogens (primary N) is 1. The molecule has 5 N–H and O–H groups in total. The zero-order valence-corrected chi connectivity index (χ0v) is 21.8. The minimum atomic E-state index is -0.507. The number of hydrogen-bond donors (Lipinski definition) is 4. The van der Waals surface area contributed by atoms with E-state index in [0.29, 0.717) is 36.3 Å². The highest BCUT2D eigenvalue weighted by atomic mass is 16.5. The van der Waals surface area contributed by atoms with Gasteiger partial charge in [0.15, 0.2) is 5.78 Å². The second kappa shape index (κ2) is 11.0. The summed E-state index contributed by atoms with van der Waals surface area (Å²) < 4.78 is 7.73. The number of Topliss-reactive ketones (excluding diaryl/α,β-unsaturated/α-hetero) is 1. The number of hydrogen-bond acceptors (Lipinski definition) is 7. The minimum Gasteiger partial charge on any atom is -0.382 e. The molecule has 2 aliphatic rings. The highest BCUT2D eigenvalue weighted by Crippen LogP contribution is 2.37. The van der Waals surface area contributed by atoms with Gasteiger partial charge in [-0.05, 0) is 69.1 Å². The van der Waals surface area contributed by atoms with Crippen molar-refractivity contribution in [2.45, 2.75) is 84.3 Å². The molecule has 2 amide bonds. The fourth-order valence-electron chi connectivity index (χ4n) is 5.48. The quantitative estimate of drug-likeness (QED) is 0.229. The number of carbonyl (C=O) groups excluding carboxylic acids is 3. The van der Waals surface area contributed by atoms with Crippen LogP contribution in [0.1, 0.15) is 90.9 Å². The number of hydroxylamine groups is 1. The highest BCUT2D eigenvalue weighted by Gasteiger charge is 2.36. The van der Waals surface area contributed by atoms with E-state index in [1.165, 1.54) is 0 Å². The number of rotatable bonds is 9. The summed E-state index contributed by atoms with van der Waals surface area (Å²) in [6.07, 6.45) is 5.59. The molecule has 37 heavy (non-hydrogen) atoms. The smallest absolute Gasteiger partial charge is 0.250 e. The molecule has 2 aromatic rings. The van der Waals surface area contributed by atoms with Crippen molar-refractivity contribution in [3.05, 3.63) is 40.7 Å². The van der Waals surface area contributed by atoms with Gasteiger partial charge in [0, 0.05) is 31.2 Å². The average molecular weight is 512 g/mol. The van der Waals surface area contributed by atoms with E-state index in [2.05, 4.69) is 19.2 Å². The van der Waals surface area contributed by atoms with Crippen LogP contribution in [0.25, 0.3) is 5.69 Å². The van der Waals surface area contributed by atoms with Gasteiger partial charge < -0.3 is 15.8 Å². The molecule has 1 heterocycles. The lowest BCUT2D eigenvalue weighted by molar-refractivity contribution is -0.129. The Morgan fingerprint density at radius 2 is 1.95 bits per heavy atom. The first-order valence-corrected chi connectivity index (χ1v) is 12.9. The van der Waals surface area contributed by atoms with Gasteiger partial charge in [0.2, 0.25) is 5.91 Å². The number of ketones is 1. The number of aromatic nitrogens is 2. The van der Waals surface area contributed by atoms with Crippen LogP contribution in [0.3, 0.4) is 0 Å². The first-order chi connectivity index (χ1) is 17.6. The Bertz CT molecular complexity index is 1180. The van der Waals surface area contributed by atoms with Crippen LogP contribution in [0.5, 0.6) is 0 Å². The Morgan fingerprint density at radius 1 is 1.22 bits per heavy atom. The van der Waals surface area contributed by atoms with E-state index in [1.54, 1.807) is 11.5 Å². The van der Waals surface area contributed by atoms with Gasteiger partial charge in [-0.3, -0.25) is 19.6 Å². The Labute approximate surface area is 216 Å². The van der Waals surface area contributed by atoms with E-state index >= 15 is 0 Å². The third-order valence-electron chi connectivity index (χ3n) is 7.29. The molecule has 4 rings (SSSR count). The predicted molar refractivity (Wildman–Crippen MR) is 138 cm³/mol. The minimum absolute atomic E-state index is 0.122. The predicted octanol–water partition coefficient (Wildman–Crippen LogP) is 3.46. The van der Waals surface area contributed by atoms with Gasteiger partial charge in [0.05, 0.1) is 34.3 Å². The molecule has 10 heteroatoms. The van der Waals surface area contributed by atoms with Gasteiger partial charge in [-0.1, -0.05) is 13.8 Å². The summed E-state index contributed by atoms with van der Waals surface area (Å²) in [7, 11) is 0. The Balaban J connectivity index is 1.47. The van der Waals surface area contributed by atoms with Crippen LogP contribution in [0.15, 0.2) is 18.2 Å². The summed E-state index contributed by atoms with van der Waals surface area (Å²) in [5.41, 5.74) is 11.4. The molecule has 1 fully saturated rings. The maximum absolute atomic E-state index is 12.8. The lowest BCUT2D eigenvalue weighted by atomic mass is 9.75. The molecular weight excluding hydrogens is 474 g/mol. The molecular formula is C27H37N5O5. The van der Waals surface area contributed by atoms with E-state index in [4.69, 9.17) is 20.8 Å². The zero-order chi connectivity index (χ0) is 26.7. The lowest BCUT2D eigenvalue weighted by Gasteiger charge is -2.30. The van der Waals surface area contributed by atoms with Crippen LogP contribution in [0, 0.1) is 12.3 Å². The lowest BCUT2D eigenvalue weighted by Crippen LogP contribution is -2.31. The molecule has 200 valence electrons. The first kappa shape index (κ1) is 26.8. The van der Waals surface area contributed by atoms with Crippen molar-refractivity contribution in [3.63, 3.8) is 0 Å². The third kappa shape index (κ3) is 6.19. The maximum Gasteiger partial charge on any atom is 0.250 e. The van der Waals surface area contributed by atoms with Crippen LogP contribution in [0.2, 0.25) is 0 Å². The number of benzene rings is 1. The van der Waals surface area contributed by atoms with Gasteiger partial charge in [-0.15, -0.1) is 0 Å². The molecule has 0 radical (unpaired) electrons. The van der Waals surface area contributed by atoms with Crippen LogP contribution in [0.4, 0.5) is 5.69 Å². The van der Waals surface area contributed by atoms with Crippen molar-refractivity contribution in [1.29, 1.82) is 0 Å². The van der Waals surface area contributed by atoms with Gasteiger partial charge in [-0.25, -0.2) is 10.2 Å². The summed E-state index contributed by atoms with van der Waals surface area (Å²) in [5.74, 6) is -0.796. The van der Waals surface area contributed by atoms with Gasteiger partial charge in [-0.2, -0.15) is 5.10 Å². The monoisotopic (exact) mass is 511 g/mol. The second-order valence-corrected chi connectivity index (χ2v) is 11.0. The van der Waals surface area contributed by atoms with Crippen LogP contribution in [-0.4, -0.2) is 51.3 Å². The van der Waals surface area contributed by atoms with E-state index in [1.807, 2.05) is 23.7 Å². The first-order valence-electron chi connectivity index (χ1n) is 12.9. The van der Waals surface area contributed by atoms with Gasteiger partial charge in [0.25, 0.3) is 5.91 Å². The molecule has 0 unspecified atom stereocenters. The molecule has 0 saturated heterocycles. The fourth-order valence-corrected chi connectivity index (χ4v) is 5.48. The van der Waals surface area contributed by atoms with E-state index < -0.39 is 11.8 Å². The van der Waals surface area contributed by atoms with Crippen molar-refractivity contribution >= 4 is 23.3 Å².